The number of carbonyl (C=O) groups is 3. The molecule has 3 aromatic carbocycles. The van der Waals surface area contributed by atoms with Gasteiger partial charge >= 0.3 is 17.8 Å². The molecule has 3 aromatic rings. The Labute approximate surface area is 255 Å². The van der Waals surface area contributed by atoms with E-state index in [2.05, 4.69) is 0 Å². The summed E-state index contributed by atoms with van der Waals surface area (Å²) in [5.41, 5.74) is 1.15. The summed E-state index contributed by atoms with van der Waals surface area (Å²) in [5, 5.41) is 0.663. The third-order valence-corrected chi connectivity index (χ3v) is 7.62. The Morgan fingerprint density at radius 3 is 2.33 bits per heavy atom. The standard InChI is InChI=1S/C32H33Cl2FN2O5/c1-32(2,3)42-31(40)25-8-6-5-7-24(25)20-13-15-37(16-14-20)30(39)29(38)36(4)19-21-17-22(35)9-12-28(21)41-23-10-11-26(33)27(34)18-23/h5-12,17-18,20H,13-16,19H2,1-4H3. The number of hydrogen-bond acceptors (Lipinski definition) is 5. The van der Waals surface area contributed by atoms with E-state index >= 15 is 0 Å². The van der Waals surface area contributed by atoms with Gasteiger partial charge in [-0.3, -0.25) is 9.59 Å². The Hall–Kier alpha value is -3.62. The summed E-state index contributed by atoms with van der Waals surface area (Å²) in [6, 6.07) is 16.0. The zero-order chi connectivity index (χ0) is 30.6. The van der Waals surface area contributed by atoms with Gasteiger partial charge in [-0.2, -0.15) is 0 Å². The van der Waals surface area contributed by atoms with E-state index in [0.717, 1.165) is 5.56 Å². The largest absolute Gasteiger partial charge is 0.457 e. The minimum atomic E-state index is -0.715. The highest BCUT2D eigenvalue weighted by Gasteiger charge is 2.32. The first-order valence-corrected chi connectivity index (χ1v) is 14.4. The van der Waals surface area contributed by atoms with Crippen LogP contribution in [0.1, 0.15) is 61.0 Å². The molecule has 0 bridgehead atoms. The third kappa shape index (κ3) is 7.81. The molecule has 0 aromatic heterocycles. The van der Waals surface area contributed by atoms with Crippen LogP contribution < -0.4 is 4.74 Å². The van der Waals surface area contributed by atoms with Gasteiger partial charge in [-0.25, -0.2) is 9.18 Å². The summed E-state index contributed by atoms with van der Waals surface area (Å²) >= 11 is 12.1. The summed E-state index contributed by atoms with van der Waals surface area (Å²) in [6.07, 6.45) is 1.18. The van der Waals surface area contributed by atoms with Crippen LogP contribution in [0.15, 0.2) is 60.7 Å². The predicted molar refractivity (Wildman–Crippen MR) is 160 cm³/mol. The van der Waals surface area contributed by atoms with Crippen molar-refractivity contribution >= 4 is 41.0 Å². The molecule has 1 aliphatic rings. The number of benzene rings is 3. The van der Waals surface area contributed by atoms with Crippen LogP contribution in [0.25, 0.3) is 0 Å². The fraction of sp³-hybridized carbons (Fsp3) is 0.344. The molecule has 7 nitrogen and oxygen atoms in total. The minimum absolute atomic E-state index is 0.0407. The third-order valence-electron chi connectivity index (χ3n) is 6.88. The molecule has 1 heterocycles. The van der Waals surface area contributed by atoms with E-state index in [-0.39, 0.29) is 18.4 Å². The summed E-state index contributed by atoms with van der Waals surface area (Å²) in [7, 11) is 1.48. The molecular weight excluding hydrogens is 582 g/mol. The zero-order valence-corrected chi connectivity index (χ0v) is 25.5. The Kier molecular flexibility index (Phi) is 9.79. The predicted octanol–water partition coefficient (Wildman–Crippen LogP) is 7.24. The maximum atomic E-state index is 14.1. The summed E-state index contributed by atoms with van der Waals surface area (Å²) in [5.74, 6) is -1.50. The normalized spacial score (nSPS) is 13.9. The van der Waals surface area contributed by atoms with Crippen molar-refractivity contribution in [2.24, 2.45) is 0 Å². The van der Waals surface area contributed by atoms with Crippen LogP contribution in [0.5, 0.6) is 11.5 Å². The number of piperidine rings is 1. The van der Waals surface area contributed by atoms with Gasteiger partial charge < -0.3 is 19.3 Å². The summed E-state index contributed by atoms with van der Waals surface area (Å²) in [4.78, 5) is 41.8. The number of ether oxygens (including phenoxy) is 2. The van der Waals surface area contributed by atoms with Gasteiger partial charge in [0.25, 0.3) is 0 Å². The van der Waals surface area contributed by atoms with Crippen LogP contribution in [-0.2, 0) is 20.9 Å². The lowest BCUT2D eigenvalue weighted by Gasteiger charge is -2.33. The maximum absolute atomic E-state index is 14.1. The van der Waals surface area contributed by atoms with Gasteiger partial charge in [0.1, 0.15) is 22.9 Å². The second kappa shape index (κ2) is 13.1. The number of likely N-dealkylation sites (tertiary alicyclic amines) is 1. The average Bonchev–Trinajstić information content (AvgIpc) is 2.94. The molecule has 0 saturated carbocycles. The number of esters is 1. The first-order valence-electron chi connectivity index (χ1n) is 13.6. The van der Waals surface area contributed by atoms with Crippen molar-refractivity contribution in [3.05, 3.63) is 93.2 Å². The van der Waals surface area contributed by atoms with Gasteiger partial charge in [0, 0.05) is 38.3 Å². The average molecular weight is 616 g/mol. The van der Waals surface area contributed by atoms with Crippen molar-refractivity contribution in [1.29, 1.82) is 0 Å². The second-order valence-corrected chi connectivity index (χ2v) is 12.1. The summed E-state index contributed by atoms with van der Waals surface area (Å²) < 4.78 is 25.6. The van der Waals surface area contributed by atoms with Crippen LogP contribution >= 0.6 is 23.2 Å². The van der Waals surface area contributed by atoms with Gasteiger partial charge in [0.15, 0.2) is 0 Å². The minimum Gasteiger partial charge on any atom is -0.457 e. The van der Waals surface area contributed by atoms with Crippen LogP contribution in [-0.4, -0.2) is 53.3 Å². The van der Waals surface area contributed by atoms with E-state index < -0.39 is 23.2 Å². The van der Waals surface area contributed by atoms with Crippen molar-refractivity contribution in [3.63, 3.8) is 0 Å². The molecule has 0 radical (unpaired) electrons. The smallest absolute Gasteiger partial charge is 0.338 e. The fourth-order valence-corrected chi connectivity index (χ4v) is 5.12. The maximum Gasteiger partial charge on any atom is 0.338 e. The highest BCUT2D eigenvalue weighted by molar-refractivity contribution is 6.42. The molecule has 2 amide bonds. The van der Waals surface area contributed by atoms with Crippen molar-refractivity contribution in [1.82, 2.24) is 9.80 Å². The Morgan fingerprint density at radius 2 is 1.67 bits per heavy atom. The van der Waals surface area contributed by atoms with E-state index in [1.807, 2.05) is 32.9 Å². The molecule has 10 heteroatoms. The number of rotatable bonds is 6. The van der Waals surface area contributed by atoms with Crippen LogP contribution in [0, 0.1) is 5.82 Å². The lowest BCUT2D eigenvalue weighted by molar-refractivity contribution is -0.152. The van der Waals surface area contributed by atoms with E-state index in [9.17, 15) is 18.8 Å². The van der Waals surface area contributed by atoms with Crippen molar-refractivity contribution in [3.8, 4) is 11.5 Å². The van der Waals surface area contributed by atoms with Crippen LogP contribution in [0.2, 0.25) is 10.0 Å². The van der Waals surface area contributed by atoms with Gasteiger partial charge in [0.2, 0.25) is 0 Å². The van der Waals surface area contributed by atoms with Gasteiger partial charge in [-0.1, -0.05) is 41.4 Å². The molecule has 0 spiro atoms. The molecule has 222 valence electrons. The fourth-order valence-electron chi connectivity index (χ4n) is 4.83. The van der Waals surface area contributed by atoms with Gasteiger partial charge in [-0.15, -0.1) is 0 Å². The molecule has 1 fully saturated rings. The van der Waals surface area contributed by atoms with Crippen molar-refractivity contribution < 1.29 is 28.2 Å². The van der Waals surface area contributed by atoms with E-state index in [1.54, 1.807) is 24.3 Å². The monoisotopic (exact) mass is 614 g/mol. The second-order valence-electron chi connectivity index (χ2n) is 11.2. The molecule has 42 heavy (non-hydrogen) atoms. The van der Waals surface area contributed by atoms with E-state index in [4.69, 9.17) is 32.7 Å². The number of halogens is 3. The van der Waals surface area contributed by atoms with Gasteiger partial charge in [-0.05, 0) is 81.5 Å². The molecule has 1 aliphatic heterocycles. The Balaban J connectivity index is 1.40. The molecule has 4 rings (SSSR count). The van der Waals surface area contributed by atoms with Gasteiger partial charge in [0.05, 0.1) is 15.6 Å². The van der Waals surface area contributed by atoms with E-state index in [0.29, 0.717) is 58.6 Å². The Bertz CT molecular complexity index is 1480. The molecule has 0 N–H and O–H groups in total. The van der Waals surface area contributed by atoms with Crippen molar-refractivity contribution in [2.45, 2.75) is 51.7 Å². The highest BCUT2D eigenvalue weighted by atomic mass is 35.5. The quantitative estimate of drug-likeness (QED) is 0.216. The first kappa shape index (κ1) is 31.3. The molecular formula is C32H33Cl2FN2O5. The number of carbonyl (C=O) groups excluding carboxylic acids is 3. The summed E-state index contributed by atoms with van der Waals surface area (Å²) in [6.45, 7) is 6.13. The molecule has 0 atom stereocenters. The number of likely N-dealkylation sites (N-methyl/N-ethyl adjacent to an activating group) is 1. The topological polar surface area (TPSA) is 76.2 Å². The van der Waals surface area contributed by atoms with Crippen LogP contribution in [0.4, 0.5) is 4.39 Å². The number of nitrogens with zero attached hydrogens (tertiary/aromatic N) is 2. The molecule has 1 saturated heterocycles. The zero-order valence-electron chi connectivity index (χ0n) is 24.0. The SMILES string of the molecule is CN(Cc1cc(F)ccc1Oc1ccc(Cl)c(Cl)c1)C(=O)C(=O)N1CCC(c2ccccc2C(=O)OC(C)(C)C)CC1. The lowest BCUT2D eigenvalue weighted by Crippen LogP contribution is -2.46. The van der Waals surface area contributed by atoms with E-state index in [1.165, 1.54) is 41.1 Å². The van der Waals surface area contributed by atoms with Crippen molar-refractivity contribution in [2.75, 3.05) is 20.1 Å². The highest BCUT2D eigenvalue weighted by Crippen LogP contribution is 2.33. The van der Waals surface area contributed by atoms with Crippen LogP contribution in [0.3, 0.4) is 0 Å². The Morgan fingerprint density at radius 1 is 0.976 bits per heavy atom. The number of hydrogen-bond donors (Lipinski definition) is 0. The lowest BCUT2D eigenvalue weighted by atomic mass is 9.86. The molecule has 0 unspecified atom stereocenters. The first-order chi connectivity index (χ1) is 19.8. The molecule has 0 aliphatic carbocycles. The number of amides is 2.